The van der Waals surface area contributed by atoms with Gasteiger partial charge in [0.05, 0.1) is 25.7 Å². The molecule has 2 nitrogen and oxygen atoms in total. The van der Waals surface area contributed by atoms with E-state index in [0.29, 0.717) is 0 Å². The van der Waals surface area contributed by atoms with Gasteiger partial charge < -0.3 is 9.90 Å². The second-order valence-corrected chi connectivity index (χ2v) is 1.76. The normalized spacial score (nSPS) is 8.29. The van der Waals surface area contributed by atoms with Crippen LogP contribution < -0.4 is 5.11 Å². The van der Waals surface area contributed by atoms with Crippen LogP contribution in [0.2, 0.25) is 0 Å². The van der Waals surface area contributed by atoms with E-state index >= 15 is 0 Å². The standard InChI is InChI=1S/C5H8O2/c1-4(2)3-5(6)7/h3H2,1-2H3. The Morgan fingerprint density at radius 3 is 2.14 bits per heavy atom. The minimum Gasteiger partial charge on any atom is -0.545 e. The molecule has 0 aromatic rings. The number of hydrogen-bond donors (Lipinski definition) is 0. The van der Waals surface area contributed by atoms with Crippen molar-refractivity contribution >= 4 is 5.97 Å². The molecule has 0 aromatic carbocycles. The minimum absolute atomic E-state index is 0.0833. The Hall–Kier alpha value is -0.660. The van der Waals surface area contributed by atoms with Crippen molar-refractivity contribution in [2.75, 3.05) is 0 Å². The third-order valence-corrected chi connectivity index (χ3v) is 0.498. The van der Waals surface area contributed by atoms with E-state index in [1.54, 1.807) is 13.8 Å². The second-order valence-electron chi connectivity index (χ2n) is 1.76. The van der Waals surface area contributed by atoms with Crippen molar-refractivity contribution < 1.29 is 9.90 Å². The summed E-state index contributed by atoms with van der Waals surface area (Å²) >= 11 is 0. The van der Waals surface area contributed by atoms with Gasteiger partial charge in [-0.2, -0.15) is 0 Å². The molecular formula is C5H8O2. The largest absolute Gasteiger partial charge is 0.545 e. The maximum absolute atomic E-state index is 9.68. The van der Waals surface area contributed by atoms with E-state index in [2.05, 4.69) is 0 Å². The Kier molecular flexibility index (Phi) is 2.27. The summed E-state index contributed by atoms with van der Waals surface area (Å²) in [5.41, 5.74) is 0. The number of hydrogen-bond acceptors (Lipinski definition) is 2. The lowest BCUT2D eigenvalue weighted by atomic mass is 10.1. The fourth-order valence-electron chi connectivity index (χ4n) is 0.289. The zero-order valence-corrected chi connectivity index (χ0v) is 4.52. The first-order valence-electron chi connectivity index (χ1n) is 2.12. The third-order valence-electron chi connectivity index (χ3n) is 0.498. The predicted octanol–water partition coefficient (Wildman–Crippen LogP) is -0.259. The summed E-state index contributed by atoms with van der Waals surface area (Å²) in [5, 5.41) is 9.68. The van der Waals surface area contributed by atoms with E-state index in [0.717, 1.165) is 5.92 Å². The van der Waals surface area contributed by atoms with Crippen molar-refractivity contribution in [3.63, 3.8) is 0 Å². The Morgan fingerprint density at radius 2 is 2.14 bits per heavy atom. The molecule has 0 N–H and O–H groups in total. The zero-order chi connectivity index (χ0) is 5.86. The number of carboxylic acid groups (broad SMARTS) is 1. The second kappa shape index (κ2) is 2.50. The average Bonchev–Trinajstić information content (AvgIpc) is 1.27. The van der Waals surface area contributed by atoms with Crippen molar-refractivity contribution in [3.8, 4) is 0 Å². The molecule has 0 amide bonds. The van der Waals surface area contributed by atoms with Crippen LogP contribution in [-0.4, -0.2) is 5.97 Å². The van der Waals surface area contributed by atoms with Crippen molar-refractivity contribution in [2.45, 2.75) is 20.3 Å². The number of carboxylic acids is 1. The van der Waals surface area contributed by atoms with Crippen LogP contribution in [0.5, 0.6) is 0 Å². The summed E-state index contributed by atoms with van der Waals surface area (Å²) in [6.07, 6.45) is 0.0833. The van der Waals surface area contributed by atoms with Gasteiger partial charge in [-0.15, -0.1) is 0 Å². The molecule has 0 rings (SSSR count). The van der Waals surface area contributed by atoms with Gasteiger partial charge in [0.25, 0.3) is 0 Å². The van der Waals surface area contributed by atoms with Gasteiger partial charge in [-0.05, 0) is 0 Å². The van der Waals surface area contributed by atoms with E-state index < -0.39 is 5.97 Å². The van der Waals surface area contributed by atoms with Crippen LogP contribution in [0.4, 0.5) is 0 Å². The summed E-state index contributed by atoms with van der Waals surface area (Å²) in [6, 6.07) is 0. The first-order chi connectivity index (χ1) is 3.13. The van der Waals surface area contributed by atoms with Crippen LogP contribution in [0, 0.1) is 5.92 Å². The van der Waals surface area contributed by atoms with Gasteiger partial charge in [-0.25, -0.2) is 0 Å². The van der Waals surface area contributed by atoms with Crippen LogP contribution in [-0.2, 0) is 4.79 Å². The highest BCUT2D eigenvalue weighted by molar-refractivity contribution is 5.66. The molecule has 0 atom stereocenters. The molecule has 7 heavy (non-hydrogen) atoms. The van der Waals surface area contributed by atoms with E-state index in [1.165, 1.54) is 0 Å². The molecule has 0 aliphatic rings. The van der Waals surface area contributed by atoms with Crippen molar-refractivity contribution in [2.24, 2.45) is 0 Å². The first-order valence-corrected chi connectivity index (χ1v) is 2.12. The van der Waals surface area contributed by atoms with Crippen LogP contribution in [0.25, 0.3) is 0 Å². The molecule has 0 aliphatic heterocycles. The third kappa shape index (κ3) is 5.34. The lowest BCUT2D eigenvalue weighted by Crippen LogP contribution is -2.22. The van der Waals surface area contributed by atoms with Gasteiger partial charge >= 0.3 is 0 Å². The molecule has 0 heterocycles. The monoisotopic (exact) mass is 100 g/mol. The molecule has 2 heteroatoms. The average molecular weight is 100 g/mol. The lowest BCUT2D eigenvalue weighted by Gasteiger charge is -1.93. The highest BCUT2D eigenvalue weighted by Crippen LogP contribution is 1.98. The predicted molar refractivity (Wildman–Crippen MR) is 24.2 cm³/mol. The zero-order valence-electron chi connectivity index (χ0n) is 4.52. The van der Waals surface area contributed by atoms with Crippen LogP contribution in [0.3, 0.4) is 0 Å². The van der Waals surface area contributed by atoms with Gasteiger partial charge in [0.1, 0.15) is 6.42 Å². The molecule has 0 radical (unpaired) electrons. The highest BCUT2D eigenvalue weighted by Gasteiger charge is 2.01. The Bertz CT molecular complexity index is 66.5. The number of aliphatic carboxylic acids is 1. The van der Waals surface area contributed by atoms with E-state index in [1.807, 2.05) is 0 Å². The maximum atomic E-state index is 9.68. The minimum atomic E-state index is -1.000. The van der Waals surface area contributed by atoms with E-state index in [9.17, 15) is 9.90 Å². The molecular weight excluding hydrogens is 92.1 g/mol. The van der Waals surface area contributed by atoms with Gasteiger partial charge in [0.15, 0.2) is 0 Å². The van der Waals surface area contributed by atoms with Crippen LogP contribution in [0.15, 0.2) is 0 Å². The fraction of sp³-hybridized carbons (Fsp3) is 0.600. The molecule has 0 aromatic heterocycles. The quantitative estimate of drug-likeness (QED) is 0.448. The SMILES string of the molecule is C[C+](C)CC(=O)[O-]. The molecule has 0 spiro atoms. The number of carbonyl (C=O) groups is 1. The van der Waals surface area contributed by atoms with Crippen molar-refractivity contribution in [3.05, 3.63) is 5.92 Å². The molecule has 0 bridgehead atoms. The van der Waals surface area contributed by atoms with Gasteiger partial charge in [-0.1, -0.05) is 0 Å². The summed E-state index contributed by atoms with van der Waals surface area (Å²) in [6.45, 7) is 3.52. The first kappa shape index (κ1) is 6.34. The van der Waals surface area contributed by atoms with Gasteiger partial charge in [0.2, 0.25) is 0 Å². The van der Waals surface area contributed by atoms with Crippen LogP contribution in [0.1, 0.15) is 20.3 Å². The molecule has 0 unspecified atom stereocenters. The van der Waals surface area contributed by atoms with E-state index in [-0.39, 0.29) is 6.42 Å². The summed E-state index contributed by atoms with van der Waals surface area (Å²) in [4.78, 5) is 9.68. The summed E-state index contributed by atoms with van der Waals surface area (Å²) in [5.74, 6) is -0.125. The Labute approximate surface area is 43.2 Å². The molecule has 0 saturated heterocycles. The smallest absolute Gasteiger partial charge is 0.129 e. The molecule has 0 aliphatic carbocycles. The topological polar surface area (TPSA) is 40.1 Å². The van der Waals surface area contributed by atoms with Gasteiger partial charge in [0, 0.05) is 0 Å². The van der Waals surface area contributed by atoms with E-state index in [4.69, 9.17) is 0 Å². The number of carbonyl (C=O) groups excluding carboxylic acids is 1. The lowest BCUT2D eigenvalue weighted by molar-refractivity contribution is -0.305. The molecule has 0 saturated carbocycles. The van der Waals surface area contributed by atoms with Crippen molar-refractivity contribution in [1.82, 2.24) is 0 Å². The van der Waals surface area contributed by atoms with Crippen molar-refractivity contribution in [1.29, 1.82) is 0 Å². The van der Waals surface area contributed by atoms with Crippen LogP contribution >= 0.6 is 0 Å². The summed E-state index contributed by atoms with van der Waals surface area (Å²) < 4.78 is 0. The Balaban J connectivity index is 3.13. The number of rotatable bonds is 2. The molecule has 40 valence electrons. The maximum Gasteiger partial charge on any atom is 0.129 e. The summed E-state index contributed by atoms with van der Waals surface area (Å²) in [7, 11) is 0. The molecule has 0 fully saturated rings. The Morgan fingerprint density at radius 1 is 1.71 bits per heavy atom. The highest BCUT2D eigenvalue weighted by atomic mass is 16.4. The van der Waals surface area contributed by atoms with Gasteiger partial charge in [-0.3, -0.25) is 0 Å². The fourth-order valence-corrected chi connectivity index (χ4v) is 0.289.